The number of carbonyl (C=O) groups excluding carboxylic acids is 1. The molecule has 1 aromatic carbocycles. The highest BCUT2D eigenvalue weighted by Gasteiger charge is 2.25. The Hall–Kier alpha value is -2.70. The molecular weight excluding hydrogens is 306 g/mol. The van der Waals surface area contributed by atoms with Crippen LogP contribution < -0.4 is 14.4 Å². The summed E-state index contributed by atoms with van der Waals surface area (Å²) in [6.45, 7) is 1.87. The number of hydrogen-bond donors (Lipinski definition) is 0. The lowest BCUT2D eigenvalue weighted by Gasteiger charge is -2.18. The molecule has 0 fully saturated rings. The van der Waals surface area contributed by atoms with E-state index in [1.807, 2.05) is 0 Å². The molecule has 0 aliphatic carbocycles. The summed E-state index contributed by atoms with van der Waals surface area (Å²) in [5.41, 5.74) is -0.300. The highest BCUT2D eigenvalue weighted by atomic mass is 19.1. The average molecular weight is 322 g/mol. The van der Waals surface area contributed by atoms with Crippen LogP contribution in [0.5, 0.6) is 11.6 Å². The number of methoxy groups -OCH3 is 1. The molecule has 0 aliphatic heterocycles. The molecule has 0 bridgehead atoms. The molecule has 0 saturated heterocycles. The van der Waals surface area contributed by atoms with Crippen molar-refractivity contribution >= 4 is 11.6 Å². The molecule has 0 unspecified atom stereocenters. The predicted molar refractivity (Wildman–Crippen MR) is 81.0 cm³/mol. The van der Waals surface area contributed by atoms with Crippen LogP contribution in [0.1, 0.15) is 17.3 Å². The van der Waals surface area contributed by atoms with Crippen LogP contribution in [0.25, 0.3) is 0 Å². The number of benzene rings is 1. The first kappa shape index (κ1) is 16.7. The van der Waals surface area contributed by atoms with E-state index in [0.29, 0.717) is 11.6 Å². The normalized spacial score (nSPS) is 10.3. The lowest BCUT2D eigenvalue weighted by atomic mass is 10.1. The second-order valence-electron chi connectivity index (χ2n) is 4.59. The van der Waals surface area contributed by atoms with Gasteiger partial charge in [0.05, 0.1) is 25.6 Å². The Balaban J connectivity index is 2.36. The van der Waals surface area contributed by atoms with Gasteiger partial charge in [-0.15, -0.1) is 0 Å². The summed E-state index contributed by atoms with van der Waals surface area (Å²) in [6.07, 6.45) is 1.37. The number of nitrogens with zero attached hydrogens (tertiary/aromatic N) is 2. The van der Waals surface area contributed by atoms with Gasteiger partial charge in [-0.2, -0.15) is 0 Å². The molecule has 5 nitrogen and oxygen atoms in total. The first-order valence-electron chi connectivity index (χ1n) is 6.88. The van der Waals surface area contributed by atoms with Gasteiger partial charge in [0.25, 0.3) is 5.91 Å². The molecule has 1 aromatic heterocycles. The molecule has 0 aliphatic rings. The summed E-state index contributed by atoms with van der Waals surface area (Å²) in [6, 6.07) is 5.26. The van der Waals surface area contributed by atoms with Crippen LogP contribution in [0.3, 0.4) is 0 Å². The third-order valence-corrected chi connectivity index (χ3v) is 3.19. The zero-order chi connectivity index (χ0) is 17.0. The van der Waals surface area contributed by atoms with Gasteiger partial charge in [-0.3, -0.25) is 4.79 Å². The molecule has 1 heterocycles. The third-order valence-electron chi connectivity index (χ3n) is 3.19. The summed E-state index contributed by atoms with van der Waals surface area (Å²) >= 11 is 0. The third kappa shape index (κ3) is 3.39. The molecule has 122 valence electrons. The summed E-state index contributed by atoms with van der Waals surface area (Å²) < 4.78 is 38.2. The molecule has 2 rings (SSSR count). The van der Waals surface area contributed by atoms with Gasteiger partial charge in [0.2, 0.25) is 5.88 Å². The Morgan fingerprint density at radius 2 is 2.00 bits per heavy atom. The lowest BCUT2D eigenvalue weighted by molar-refractivity contribution is 0.0983. The number of rotatable bonds is 5. The molecule has 23 heavy (non-hydrogen) atoms. The van der Waals surface area contributed by atoms with E-state index in [1.165, 1.54) is 20.4 Å². The zero-order valence-corrected chi connectivity index (χ0v) is 13.0. The van der Waals surface area contributed by atoms with Crippen molar-refractivity contribution in [1.82, 2.24) is 4.98 Å². The molecule has 0 radical (unpaired) electrons. The minimum absolute atomic E-state index is 0.168. The van der Waals surface area contributed by atoms with Crippen molar-refractivity contribution in [3.05, 3.63) is 47.7 Å². The van der Waals surface area contributed by atoms with Crippen molar-refractivity contribution in [2.45, 2.75) is 6.92 Å². The van der Waals surface area contributed by atoms with Gasteiger partial charge in [0, 0.05) is 13.1 Å². The van der Waals surface area contributed by atoms with Gasteiger partial charge in [-0.1, -0.05) is 0 Å². The molecule has 1 amide bonds. The van der Waals surface area contributed by atoms with Crippen LogP contribution in [0, 0.1) is 11.6 Å². The molecule has 2 aromatic rings. The molecule has 0 N–H and O–H groups in total. The number of anilines is 1. The highest BCUT2D eigenvalue weighted by Crippen LogP contribution is 2.26. The van der Waals surface area contributed by atoms with Crippen molar-refractivity contribution in [2.75, 3.05) is 25.7 Å². The van der Waals surface area contributed by atoms with Crippen molar-refractivity contribution in [2.24, 2.45) is 0 Å². The smallest absolute Gasteiger partial charge is 0.264 e. The second-order valence-corrected chi connectivity index (χ2v) is 4.59. The van der Waals surface area contributed by atoms with Crippen LogP contribution in [-0.4, -0.2) is 31.7 Å². The maximum absolute atomic E-state index is 14.3. The minimum Gasteiger partial charge on any atom is -0.491 e. The number of amides is 1. The maximum atomic E-state index is 14.3. The fourth-order valence-electron chi connectivity index (χ4n) is 1.97. The van der Waals surface area contributed by atoms with Crippen LogP contribution in [0.4, 0.5) is 14.5 Å². The second kappa shape index (κ2) is 7.04. The highest BCUT2D eigenvalue weighted by molar-refractivity contribution is 6.06. The van der Waals surface area contributed by atoms with E-state index < -0.39 is 23.1 Å². The van der Waals surface area contributed by atoms with Gasteiger partial charge in [0.1, 0.15) is 11.4 Å². The van der Waals surface area contributed by atoms with Crippen molar-refractivity contribution in [3.63, 3.8) is 0 Å². The Morgan fingerprint density at radius 1 is 1.26 bits per heavy atom. The van der Waals surface area contributed by atoms with Gasteiger partial charge in [-0.05, 0) is 25.1 Å². The maximum Gasteiger partial charge on any atom is 0.264 e. The SMILES string of the molecule is CCOc1ccc(F)c(C(=O)N(C)c2ccc(OC)nc2)c1F. The Bertz CT molecular complexity index is 705. The summed E-state index contributed by atoms with van der Waals surface area (Å²) in [4.78, 5) is 17.5. The van der Waals surface area contributed by atoms with Crippen molar-refractivity contribution in [1.29, 1.82) is 0 Å². The quantitative estimate of drug-likeness (QED) is 0.849. The topological polar surface area (TPSA) is 51.7 Å². The number of hydrogen-bond acceptors (Lipinski definition) is 4. The molecule has 0 atom stereocenters. The van der Waals surface area contributed by atoms with Crippen molar-refractivity contribution in [3.8, 4) is 11.6 Å². The average Bonchev–Trinajstić information content (AvgIpc) is 2.57. The van der Waals surface area contributed by atoms with E-state index in [0.717, 1.165) is 17.0 Å². The summed E-state index contributed by atoms with van der Waals surface area (Å²) in [5, 5.41) is 0. The fraction of sp³-hybridized carbons (Fsp3) is 0.250. The monoisotopic (exact) mass is 322 g/mol. The minimum atomic E-state index is -1.02. The number of halogens is 2. The van der Waals surface area contributed by atoms with Crippen LogP contribution in [0.2, 0.25) is 0 Å². The standard InChI is InChI=1S/C16H16F2N2O3/c1-4-23-12-7-6-11(17)14(15(12)18)16(21)20(2)10-5-8-13(22-3)19-9-10/h5-9H,4H2,1-3H3. The number of pyridine rings is 1. The number of carbonyl (C=O) groups is 1. The van der Waals surface area contributed by atoms with Crippen LogP contribution >= 0.6 is 0 Å². The first-order valence-corrected chi connectivity index (χ1v) is 6.88. The van der Waals surface area contributed by atoms with E-state index in [4.69, 9.17) is 9.47 Å². The van der Waals surface area contributed by atoms with Crippen LogP contribution in [0.15, 0.2) is 30.5 Å². The van der Waals surface area contributed by atoms with Gasteiger partial charge < -0.3 is 14.4 Å². The van der Waals surface area contributed by atoms with Gasteiger partial charge in [-0.25, -0.2) is 13.8 Å². The molecule has 0 saturated carbocycles. The predicted octanol–water partition coefficient (Wildman–Crippen LogP) is 3.04. The lowest BCUT2D eigenvalue weighted by Crippen LogP contribution is -2.28. The van der Waals surface area contributed by atoms with E-state index >= 15 is 0 Å². The zero-order valence-electron chi connectivity index (χ0n) is 13.0. The van der Waals surface area contributed by atoms with Gasteiger partial charge >= 0.3 is 0 Å². The summed E-state index contributed by atoms with van der Waals surface area (Å²) in [5.74, 6) is -2.62. The Morgan fingerprint density at radius 3 is 2.57 bits per heavy atom. The number of ether oxygens (including phenoxy) is 2. The van der Waals surface area contributed by atoms with E-state index in [2.05, 4.69) is 4.98 Å². The fourth-order valence-corrected chi connectivity index (χ4v) is 1.97. The van der Waals surface area contributed by atoms with E-state index in [1.54, 1.807) is 19.1 Å². The summed E-state index contributed by atoms with van der Waals surface area (Å²) in [7, 11) is 2.86. The van der Waals surface area contributed by atoms with Crippen LogP contribution in [-0.2, 0) is 0 Å². The molecular formula is C16H16F2N2O3. The largest absolute Gasteiger partial charge is 0.491 e. The molecule has 0 spiro atoms. The van der Waals surface area contributed by atoms with Gasteiger partial charge in [0.15, 0.2) is 11.6 Å². The molecule has 7 heteroatoms. The van der Waals surface area contributed by atoms with E-state index in [-0.39, 0.29) is 12.4 Å². The van der Waals surface area contributed by atoms with Crippen molar-refractivity contribution < 1.29 is 23.0 Å². The number of aromatic nitrogens is 1. The van der Waals surface area contributed by atoms with E-state index in [9.17, 15) is 13.6 Å². The Labute approximate surface area is 132 Å². The Kier molecular flexibility index (Phi) is 5.10. The first-order chi connectivity index (χ1) is 11.0.